The molecule has 1 aromatic rings. The highest BCUT2D eigenvalue weighted by molar-refractivity contribution is 6.31. The summed E-state index contributed by atoms with van der Waals surface area (Å²) >= 11 is 6.40. The molecule has 1 unspecified atom stereocenters. The second-order valence-electron chi connectivity index (χ2n) is 5.26. The van der Waals surface area contributed by atoms with E-state index in [1.807, 2.05) is 12.1 Å². The highest BCUT2D eigenvalue weighted by Gasteiger charge is 2.21. The molecule has 0 aliphatic carbocycles. The summed E-state index contributed by atoms with van der Waals surface area (Å²) in [6.07, 6.45) is 2.52. The maximum absolute atomic E-state index is 6.40. The summed E-state index contributed by atoms with van der Waals surface area (Å²) in [5.41, 5.74) is 2.46. The fourth-order valence-corrected chi connectivity index (χ4v) is 2.83. The summed E-state index contributed by atoms with van der Waals surface area (Å²) < 4.78 is 5.76. The van der Waals surface area contributed by atoms with E-state index >= 15 is 0 Å². The normalized spacial score (nSPS) is 19.4. The van der Waals surface area contributed by atoms with Gasteiger partial charge in [-0.05, 0) is 31.5 Å². The van der Waals surface area contributed by atoms with Gasteiger partial charge in [0.1, 0.15) is 0 Å². The predicted molar refractivity (Wildman–Crippen MR) is 85.7 cm³/mol. The summed E-state index contributed by atoms with van der Waals surface area (Å²) in [7, 11) is 0. The molecule has 0 saturated carbocycles. The molecule has 1 aliphatic heterocycles. The van der Waals surface area contributed by atoms with E-state index in [0.29, 0.717) is 6.10 Å². The minimum absolute atomic E-state index is 0.333. The molecule has 1 N–H and O–H groups in total. The van der Waals surface area contributed by atoms with Crippen LogP contribution in [0.1, 0.15) is 32.3 Å². The first-order chi connectivity index (χ1) is 9.76. The second-order valence-corrected chi connectivity index (χ2v) is 5.67. The molecule has 0 aromatic heterocycles. The molecule has 0 bridgehead atoms. The van der Waals surface area contributed by atoms with Crippen molar-refractivity contribution in [2.45, 2.75) is 39.3 Å². The van der Waals surface area contributed by atoms with Gasteiger partial charge in [-0.2, -0.15) is 0 Å². The van der Waals surface area contributed by atoms with Crippen LogP contribution in [-0.4, -0.2) is 32.3 Å². The summed E-state index contributed by atoms with van der Waals surface area (Å²) in [4.78, 5) is 2.41. The van der Waals surface area contributed by atoms with Gasteiger partial charge >= 0.3 is 0 Å². The molecule has 1 fully saturated rings. The van der Waals surface area contributed by atoms with Crippen molar-refractivity contribution in [2.24, 2.45) is 0 Å². The summed E-state index contributed by atoms with van der Waals surface area (Å²) in [5.74, 6) is 0. The van der Waals surface area contributed by atoms with E-state index in [1.54, 1.807) is 0 Å². The Morgan fingerprint density at radius 3 is 3.00 bits per heavy atom. The van der Waals surface area contributed by atoms with Gasteiger partial charge in [-0.1, -0.05) is 31.5 Å². The third kappa shape index (κ3) is 3.87. The Morgan fingerprint density at radius 2 is 2.25 bits per heavy atom. The van der Waals surface area contributed by atoms with Crippen molar-refractivity contribution in [1.82, 2.24) is 5.32 Å². The van der Waals surface area contributed by atoms with Crippen LogP contribution < -0.4 is 10.2 Å². The number of nitrogens with zero attached hydrogens (tertiary/aromatic N) is 1. The van der Waals surface area contributed by atoms with Gasteiger partial charge in [0.2, 0.25) is 0 Å². The number of rotatable bonds is 6. The zero-order valence-electron chi connectivity index (χ0n) is 12.5. The Balaban J connectivity index is 2.15. The zero-order valence-corrected chi connectivity index (χ0v) is 13.2. The van der Waals surface area contributed by atoms with Crippen molar-refractivity contribution in [1.29, 1.82) is 0 Å². The van der Waals surface area contributed by atoms with E-state index in [0.717, 1.165) is 50.7 Å². The first-order valence-corrected chi connectivity index (χ1v) is 7.98. The van der Waals surface area contributed by atoms with Gasteiger partial charge in [0.25, 0.3) is 0 Å². The lowest BCUT2D eigenvalue weighted by atomic mass is 10.1. The van der Waals surface area contributed by atoms with Crippen LogP contribution in [0.15, 0.2) is 18.2 Å². The van der Waals surface area contributed by atoms with E-state index in [2.05, 4.69) is 30.1 Å². The van der Waals surface area contributed by atoms with Crippen LogP contribution in [0.2, 0.25) is 5.02 Å². The Kier molecular flexibility index (Phi) is 6.14. The molecule has 2 rings (SSSR count). The lowest BCUT2D eigenvalue weighted by Crippen LogP contribution is -2.42. The summed E-state index contributed by atoms with van der Waals surface area (Å²) in [6, 6.07) is 6.19. The smallest absolute Gasteiger partial charge is 0.0748 e. The average Bonchev–Trinajstić information content (AvgIpc) is 2.49. The van der Waals surface area contributed by atoms with Crippen molar-refractivity contribution >= 4 is 17.3 Å². The van der Waals surface area contributed by atoms with Crippen LogP contribution in [0.4, 0.5) is 5.69 Å². The topological polar surface area (TPSA) is 24.5 Å². The van der Waals surface area contributed by atoms with Crippen LogP contribution in [-0.2, 0) is 11.3 Å². The standard InChI is InChI=1S/C16H25ClN2O/c1-3-8-18-11-14-15(17)6-5-7-16(14)19-9-10-20-13(4-2)12-19/h5-7,13,18H,3-4,8-12H2,1-2H3. The summed E-state index contributed by atoms with van der Waals surface area (Å²) in [5, 5.41) is 4.31. The van der Waals surface area contributed by atoms with Gasteiger partial charge in [0, 0.05) is 35.9 Å². The molecule has 112 valence electrons. The number of hydrogen-bond acceptors (Lipinski definition) is 3. The molecule has 1 heterocycles. The Labute approximate surface area is 127 Å². The van der Waals surface area contributed by atoms with Crippen LogP contribution in [0.25, 0.3) is 0 Å². The first-order valence-electron chi connectivity index (χ1n) is 7.60. The number of ether oxygens (including phenoxy) is 1. The third-order valence-electron chi connectivity index (χ3n) is 3.76. The Bertz CT molecular complexity index is 425. The minimum Gasteiger partial charge on any atom is -0.375 e. The molecule has 1 atom stereocenters. The molecular formula is C16H25ClN2O. The van der Waals surface area contributed by atoms with E-state index in [9.17, 15) is 0 Å². The highest BCUT2D eigenvalue weighted by atomic mass is 35.5. The van der Waals surface area contributed by atoms with Crippen molar-refractivity contribution in [3.05, 3.63) is 28.8 Å². The quantitative estimate of drug-likeness (QED) is 0.814. The second kappa shape index (κ2) is 7.87. The minimum atomic E-state index is 0.333. The van der Waals surface area contributed by atoms with Crippen molar-refractivity contribution < 1.29 is 4.74 Å². The van der Waals surface area contributed by atoms with Crippen molar-refractivity contribution in [2.75, 3.05) is 31.1 Å². The van der Waals surface area contributed by atoms with Crippen LogP contribution in [0.3, 0.4) is 0 Å². The van der Waals surface area contributed by atoms with E-state index in [-0.39, 0.29) is 0 Å². The Morgan fingerprint density at radius 1 is 1.40 bits per heavy atom. The molecule has 4 heteroatoms. The van der Waals surface area contributed by atoms with Gasteiger partial charge in [0.05, 0.1) is 12.7 Å². The van der Waals surface area contributed by atoms with E-state index < -0.39 is 0 Å². The van der Waals surface area contributed by atoms with Gasteiger partial charge in [-0.15, -0.1) is 0 Å². The highest BCUT2D eigenvalue weighted by Crippen LogP contribution is 2.29. The SMILES string of the molecule is CCCNCc1c(Cl)cccc1N1CCOC(CC)C1. The molecular weight excluding hydrogens is 272 g/mol. The van der Waals surface area contributed by atoms with Crippen molar-refractivity contribution in [3.8, 4) is 0 Å². The number of halogens is 1. The number of benzene rings is 1. The molecule has 1 aliphatic rings. The number of anilines is 1. The summed E-state index contributed by atoms with van der Waals surface area (Å²) in [6.45, 7) is 8.90. The van der Waals surface area contributed by atoms with Gasteiger partial charge in [0.15, 0.2) is 0 Å². The number of morpholine rings is 1. The number of nitrogens with one attached hydrogen (secondary N) is 1. The van der Waals surface area contributed by atoms with Gasteiger partial charge < -0.3 is 15.0 Å². The Hall–Kier alpha value is -0.770. The average molecular weight is 297 g/mol. The van der Waals surface area contributed by atoms with Gasteiger partial charge in [-0.3, -0.25) is 0 Å². The molecule has 0 radical (unpaired) electrons. The van der Waals surface area contributed by atoms with Gasteiger partial charge in [-0.25, -0.2) is 0 Å². The molecule has 0 spiro atoms. The third-order valence-corrected chi connectivity index (χ3v) is 4.11. The molecule has 1 saturated heterocycles. The molecule has 0 amide bonds. The van der Waals surface area contributed by atoms with E-state index in [1.165, 1.54) is 11.3 Å². The lowest BCUT2D eigenvalue weighted by molar-refractivity contribution is 0.0384. The van der Waals surface area contributed by atoms with Crippen LogP contribution in [0, 0.1) is 0 Å². The maximum atomic E-state index is 6.40. The molecule has 20 heavy (non-hydrogen) atoms. The van der Waals surface area contributed by atoms with Crippen molar-refractivity contribution in [3.63, 3.8) is 0 Å². The molecule has 3 nitrogen and oxygen atoms in total. The lowest BCUT2D eigenvalue weighted by Gasteiger charge is -2.35. The fourth-order valence-electron chi connectivity index (χ4n) is 2.59. The fraction of sp³-hybridized carbons (Fsp3) is 0.625. The predicted octanol–water partition coefficient (Wildman–Crippen LogP) is 3.45. The zero-order chi connectivity index (χ0) is 14.4. The maximum Gasteiger partial charge on any atom is 0.0748 e. The van der Waals surface area contributed by atoms with Crippen LogP contribution in [0.5, 0.6) is 0 Å². The largest absolute Gasteiger partial charge is 0.375 e. The number of hydrogen-bond donors (Lipinski definition) is 1. The first kappa shape index (κ1) is 15.6. The molecule has 1 aromatic carbocycles. The monoisotopic (exact) mass is 296 g/mol. The van der Waals surface area contributed by atoms with E-state index in [4.69, 9.17) is 16.3 Å². The van der Waals surface area contributed by atoms with Crippen LogP contribution >= 0.6 is 11.6 Å².